The number of benzene rings is 2. The van der Waals surface area contributed by atoms with Crippen LogP contribution in [0.15, 0.2) is 48.7 Å². The van der Waals surface area contributed by atoms with Gasteiger partial charge in [-0.25, -0.2) is 0 Å². The van der Waals surface area contributed by atoms with Crippen molar-refractivity contribution >= 4 is 34.1 Å². The molecule has 1 saturated heterocycles. The predicted octanol–water partition coefficient (Wildman–Crippen LogP) is 3.35. The van der Waals surface area contributed by atoms with Crippen LogP contribution >= 0.6 is 11.6 Å². The summed E-state index contributed by atoms with van der Waals surface area (Å²) in [5.41, 5.74) is 3.36. The third-order valence-corrected chi connectivity index (χ3v) is 5.22. The molecule has 1 aromatic heterocycles. The standard InChI is InChI=1S/C20H21ClN4O/c1-15-6-7-17(21)12-19(15)23-8-10-24(11-9-23)20(26)14-25-18-5-3-2-4-16(18)13-22-25/h2-7,12-13H,8-11,14H2,1H3. The number of amides is 1. The molecular formula is C20H21ClN4O. The number of para-hydroxylation sites is 1. The Labute approximate surface area is 157 Å². The summed E-state index contributed by atoms with van der Waals surface area (Å²) >= 11 is 6.14. The lowest BCUT2D eigenvalue weighted by atomic mass is 10.1. The summed E-state index contributed by atoms with van der Waals surface area (Å²) in [6, 6.07) is 13.9. The van der Waals surface area contributed by atoms with E-state index in [0.29, 0.717) is 13.1 Å². The molecule has 1 aliphatic heterocycles. The van der Waals surface area contributed by atoms with Crippen LogP contribution in [0, 0.1) is 6.92 Å². The lowest BCUT2D eigenvalue weighted by Crippen LogP contribution is -2.49. The van der Waals surface area contributed by atoms with Crippen molar-refractivity contribution in [1.82, 2.24) is 14.7 Å². The summed E-state index contributed by atoms with van der Waals surface area (Å²) in [5, 5.41) is 6.16. The molecule has 0 saturated carbocycles. The largest absolute Gasteiger partial charge is 0.368 e. The molecule has 4 rings (SSSR count). The minimum Gasteiger partial charge on any atom is -0.368 e. The fourth-order valence-electron chi connectivity index (χ4n) is 3.50. The van der Waals surface area contributed by atoms with E-state index in [0.717, 1.165) is 34.7 Å². The number of carbonyl (C=O) groups is 1. The number of hydrogen-bond acceptors (Lipinski definition) is 3. The molecule has 6 heteroatoms. The van der Waals surface area contributed by atoms with Gasteiger partial charge in [-0.05, 0) is 30.7 Å². The maximum atomic E-state index is 12.7. The number of hydrogen-bond donors (Lipinski definition) is 0. The molecule has 0 unspecified atom stereocenters. The zero-order chi connectivity index (χ0) is 18.1. The normalized spacial score (nSPS) is 14.8. The van der Waals surface area contributed by atoms with Crippen molar-refractivity contribution in [3.05, 3.63) is 59.2 Å². The van der Waals surface area contributed by atoms with E-state index in [1.54, 1.807) is 4.68 Å². The van der Waals surface area contributed by atoms with E-state index >= 15 is 0 Å². The molecule has 3 aromatic rings. The second-order valence-electron chi connectivity index (χ2n) is 6.66. The van der Waals surface area contributed by atoms with Gasteiger partial charge in [-0.2, -0.15) is 5.10 Å². The fraction of sp³-hybridized carbons (Fsp3) is 0.300. The second kappa shape index (κ2) is 7.00. The molecule has 1 fully saturated rings. The van der Waals surface area contributed by atoms with Gasteiger partial charge in [0.1, 0.15) is 6.54 Å². The van der Waals surface area contributed by atoms with Crippen LogP contribution in [0.2, 0.25) is 5.02 Å². The summed E-state index contributed by atoms with van der Waals surface area (Å²) in [6.07, 6.45) is 1.81. The number of halogens is 1. The number of aryl methyl sites for hydroxylation is 1. The van der Waals surface area contributed by atoms with Gasteiger partial charge >= 0.3 is 0 Å². The average molecular weight is 369 g/mol. The maximum absolute atomic E-state index is 12.7. The Bertz CT molecular complexity index is 944. The van der Waals surface area contributed by atoms with E-state index in [1.807, 2.05) is 53.6 Å². The molecular weight excluding hydrogens is 348 g/mol. The summed E-state index contributed by atoms with van der Waals surface area (Å²) < 4.78 is 1.78. The van der Waals surface area contributed by atoms with Gasteiger partial charge in [0.25, 0.3) is 0 Å². The van der Waals surface area contributed by atoms with E-state index in [4.69, 9.17) is 11.6 Å². The summed E-state index contributed by atoms with van der Waals surface area (Å²) in [6.45, 7) is 5.42. The summed E-state index contributed by atoms with van der Waals surface area (Å²) in [7, 11) is 0. The van der Waals surface area contributed by atoms with Gasteiger partial charge in [0.15, 0.2) is 0 Å². The van der Waals surface area contributed by atoms with Crippen molar-refractivity contribution in [2.24, 2.45) is 0 Å². The summed E-state index contributed by atoms with van der Waals surface area (Å²) in [4.78, 5) is 16.9. The highest BCUT2D eigenvalue weighted by molar-refractivity contribution is 6.30. The monoisotopic (exact) mass is 368 g/mol. The minimum absolute atomic E-state index is 0.112. The highest BCUT2D eigenvalue weighted by Gasteiger charge is 2.23. The van der Waals surface area contributed by atoms with E-state index in [1.165, 1.54) is 5.56 Å². The molecule has 2 aromatic carbocycles. The molecule has 2 heterocycles. The molecule has 0 N–H and O–H groups in total. The van der Waals surface area contributed by atoms with Gasteiger partial charge in [0.05, 0.1) is 11.7 Å². The van der Waals surface area contributed by atoms with Gasteiger partial charge in [0.2, 0.25) is 5.91 Å². The predicted molar refractivity (Wildman–Crippen MR) is 105 cm³/mol. The van der Waals surface area contributed by atoms with Crippen LogP contribution in [0.3, 0.4) is 0 Å². The zero-order valence-electron chi connectivity index (χ0n) is 14.7. The molecule has 26 heavy (non-hydrogen) atoms. The Balaban J connectivity index is 1.41. The van der Waals surface area contributed by atoms with Crippen LogP contribution < -0.4 is 4.90 Å². The van der Waals surface area contributed by atoms with E-state index in [2.05, 4.69) is 16.9 Å². The first-order chi connectivity index (χ1) is 12.6. The molecule has 0 spiro atoms. The Kier molecular flexibility index (Phi) is 4.55. The number of piperazine rings is 1. The molecule has 0 atom stereocenters. The number of rotatable bonds is 3. The molecule has 0 radical (unpaired) electrons. The van der Waals surface area contributed by atoms with Crippen molar-refractivity contribution in [1.29, 1.82) is 0 Å². The number of carbonyl (C=O) groups excluding carboxylic acids is 1. The average Bonchev–Trinajstić information content (AvgIpc) is 3.07. The third-order valence-electron chi connectivity index (χ3n) is 4.98. The van der Waals surface area contributed by atoms with Crippen LogP contribution in [0.25, 0.3) is 10.9 Å². The number of nitrogens with zero attached hydrogens (tertiary/aromatic N) is 4. The van der Waals surface area contributed by atoms with Crippen molar-refractivity contribution in [2.75, 3.05) is 31.1 Å². The van der Waals surface area contributed by atoms with Gasteiger partial charge in [-0.1, -0.05) is 35.9 Å². The lowest BCUT2D eigenvalue weighted by Gasteiger charge is -2.37. The van der Waals surface area contributed by atoms with Crippen LogP contribution in [0.4, 0.5) is 5.69 Å². The third kappa shape index (κ3) is 3.27. The summed E-state index contributed by atoms with van der Waals surface area (Å²) in [5.74, 6) is 0.112. The van der Waals surface area contributed by atoms with E-state index < -0.39 is 0 Å². The van der Waals surface area contributed by atoms with Gasteiger partial charge in [-0.3, -0.25) is 9.48 Å². The number of fused-ring (bicyclic) bond motifs is 1. The second-order valence-corrected chi connectivity index (χ2v) is 7.10. The van der Waals surface area contributed by atoms with Crippen LogP contribution in [-0.2, 0) is 11.3 Å². The highest BCUT2D eigenvalue weighted by atomic mass is 35.5. The Morgan fingerprint density at radius 3 is 2.69 bits per heavy atom. The number of aromatic nitrogens is 2. The van der Waals surface area contributed by atoms with Crippen LogP contribution in [0.5, 0.6) is 0 Å². The Morgan fingerprint density at radius 2 is 1.88 bits per heavy atom. The van der Waals surface area contributed by atoms with Gasteiger partial charge < -0.3 is 9.80 Å². The smallest absolute Gasteiger partial charge is 0.244 e. The molecule has 1 aliphatic rings. The topological polar surface area (TPSA) is 41.4 Å². The Morgan fingerprint density at radius 1 is 1.12 bits per heavy atom. The van der Waals surface area contributed by atoms with Crippen molar-refractivity contribution in [2.45, 2.75) is 13.5 Å². The maximum Gasteiger partial charge on any atom is 0.244 e. The van der Waals surface area contributed by atoms with Crippen molar-refractivity contribution in [3.8, 4) is 0 Å². The minimum atomic E-state index is 0.112. The van der Waals surface area contributed by atoms with Crippen molar-refractivity contribution in [3.63, 3.8) is 0 Å². The molecule has 134 valence electrons. The molecule has 0 bridgehead atoms. The first kappa shape index (κ1) is 16.9. The van der Waals surface area contributed by atoms with E-state index in [9.17, 15) is 4.79 Å². The first-order valence-electron chi connectivity index (χ1n) is 8.81. The van der Waals surface area contributed by atoms with E-state index in [-0.39, 0.29) is 12.5 Å². The lowest BCUT2D eigenvalue weighted by molar-refractivity contribution is -0.132. The molecule has 1 amide bonds. The Hall–Kier alpha value is -2.53. The fourth-order valence-corrected chi connectivity index (χ4v) is 3.67. The zero-order valence-corrected chi connectivity index (χ0v) is 15.5. The van der Waals surface area contributed by atoms with Crippen LogP contribution in [-0.4, -0.2) is 46.8 Å². The quantitative estimate of drug-likeness (QED) is 0.712. The van der Waals surface area contributed by atoms with Crippen LogP contribution in [0.1, 0.15) is 5.56 Å². The number of anilines is 1. The molecule has 5 nitrogen and oxygen atoms in total. The highest BCUT2D eigenvalue weighted by Crippen LogP contribution is 2.25. The SMILES string of the molecule is Cc1ccc(Cl)cc1N1CCN(C(=O)Cn2ncc3ccccc32)CC1. The van der Waals surface area contributed by atoms with Gasteiger partial charge in [-0.15, -0.1) is 0 Å². The molecule has 0 aliphatic carbocycles. The van der Waals surface area contributed by atoms with Crippen molar-refractivity contribution < 1.29 is 4.79 Å². The van der Waals surface area contributed by atoms with Gasteiger partial charge in [0, 0.05) is 42.3 Å². The first-order valence-corrected chi connectivity index (χ1v) is 9.19.